The Labute approximate surface area is 125 Å². The van der Waals surface area contributed by atoms with Crippen molar-refractivity contribution in [3.63, 3.8) is 0 Å². The zero-order valence-electron chi connectivity index (χ0n) is 10.6. The number of benzene rings is 1. The molecule has 0 atom stereocenters. The van der Waals surface area contributed by atoms with Gasteiger partial charge in [-0.2, -0.15) is 10.2 Å². The third-order valence-corrected chi connectivity index (χ3v) is 3.18. The Bertz CT molecular complexity index is 610. The first-order valence-corrected chi connectivity index (χ1v) is 6.74. The molecule has 20 heavy (non-hydrogen) atoms. The van der Waals surface area contributed by atoms with Crippen LogP contribution in [0.1, 0.15) is 6.42 Å². The van der Waals surface area contributed by atoms with Crippen LogP contribution >= 0.6 is 15.9 Å². The number of nitrogens with one attached hydrogen (secondary N) is 1. The van der Waals surface area contributed by atoms with Crippen molar-refractivity contribution < 1.29 is 0 Å². The fourth-order valence-corrected chi connectivity index (χ4v) is 2.15. The molecule has 102 valence electrons. The lowest BCUT2D eigenvalue weighted by atomic mass is 10.2. The highest BCUT2D eigenvalue weighted by Gasteiger charge is 2.15. The molecule has 0 aliphatic rings. The summed E-state index contributed by atoms with van der Waals surface area (Å²) < 4.78 is 0.735. The first-order chi connectivity index (χ1) is 9.76. The smallest absolute Gasteiger partial charge is 0.239 e. The summed E-state index contributed by atoms with van der Waals surface area (Å²) in [5, 5.41) is 8.83. The zero-order valence-corrected chi connectivity index (χ0v) is 12.2. The van der Waals surface area contributed by atoms with Crippen LogP contribution in [0.25, 0.3) is 0 Å². The fraction of sp³-hybridized carbons (Fsp3) is 0.154. The Morgan fingerprint density at radius 3 is 2.75 bits per heavy atom. The van der Waals surface area contributed by atoms with Gasteiger partial charge in [0.2, 0.25) is 5.95 Å². The summed E-state index contributed by atoms with van der Waals surface area (Å²) in [6.07, 6.45) is 2.01. The molecular formula is C13H13BrN6. The molecule has 0 spiro atoms. The number of nitrogens with zero attached hydrogens (tertiary/aromatic N) is 4. The lowest BCUT2D eigenvalue weighted by molar-refractivity contribution is 0.915. The molecule has 0 bridgehead atoms. The van der Waals surface area contributed by atoms with Crippen LogP contribution in [-0.4, -0.2) is 16.5 Å². The van der Waals surface area contributed by atoms with Crippen molar-refractivity contribution in [3.05, 3.63) is 41.0 Å². The van der Waals surface area contributed by atoms with E-state index in [0.717, 1.165) is 10.2 Å². The molecular weight excluding hydrogens is 320 g/mol. The van der Waals surface area contributed by atoms with Crippen LogP contribution in [-0.2, 0) is 0 Å². The monoisotopic (exact) mass is 332 g/mol. The topological polar surface area (TPSA) is 90.9 Å². The van der Waals surface area contributed by atoms with Gasteiger partial charge in [0.05, 0.1) is 17.0 Å². The second kappa shape index (κ2) is 6.84. The van der Waals surface area contributed by atoms with Gasteiger partial charge in [-0.25, -0.2) is 10.8 Å². The average Bonchev–Trinajstić information content (AvgIpc) is 2.50. The minimum atomic E-state index is 0.320. The maximum Gasteiger partial charge on any atom is 0.239 e. The van der Waals surface area contributed by atoms with Gasteiger partial charge < -0.3 is 4.90 Å². The molecule has 1 aromatic heterocycles. The van der Waals surface area contributed by atoms with Crippen molar-refractivity contribution in [2.45, 2.75) is 6.42 Å². The number of para-hydroxylation sites is 1. The second-order valence-electron chi connectivity index (χ2n) is 3.90. The Hall–Kier alpha value is -2.17. The number of anilines is 3. The summed E-state index contributed by atoms with van der Waals surface area (Å²) >= 11 is 3.43. The van der Waals surface area contributed by atoms with Crippen LogP contribution in [0.4, 0.5) is 17.5 Å². The maximum absolute atomic E-state index is 8.83. The number of rotatable bonds is 5. The quantitative estimate of drug-likeness (QED) is 0.646. The van der Waals surface area contributed by atoms with E-state index in [9.17, 15) is 0 Å². The first-order valence-electron chi connectivity index (χ1n) is 5.95. The maximum atomic E-state index is 8.83. The van der Waals surface area contributed by atoms with Crippen molar-refractivity contribution >= 4 is 33.4 Å². The van der Waals surface area contributed by atoms with E-state index < -0.39 is 0 Å². The number of hydrazine groups is 1. The molecule has 1 heterocycles. The van der Waals surface area contributed by atoms with E-state index in [4.69, 9.17) is 11.1 Å². The Balaban J connectivity index is 2.44. The number of halogens is 1. The Morgan fingerprint density at radius 1 is 1.35 bits per heavy atom. The first kappa shape index (κ1) is 14.2. The van der Waals surface area contributed by atoms with Crippen LogP contribution < -0.4 is 16.2 Å². The number of nitrogens with two attached hydrogens (primary N) is 1. The molecule has 0 amide bonds. The highest BCUT2D eigenvalue weighted by Crippen LogP contribution is 2.30. The van der Waals surface area contributed by atoms with Crippen LogP contribution in [0.2, 0.25) is 0 Å². The van der Waals surface area contributed by atoms with Gasteiger partial charge in [0.15, 0.2) is 5.82 Å². The van der Waals surface area contributed by atoms with Gasteiger partial charge in [0.25, 0.3) is 0 Å². The summed E-state index contributed by atoms with van der Waals surface area (Å²) in [7, 11) is 0. The molecule has 3 N–H and O–H groups in total. The minimum absolute atomic E-state index is 0.320. The fourth-order valence-electron chi connectivity index (χ4n) is 1.74. The van der Waals surface area contributed by atoms with Crippen molar-refractivity contribution in [2.24, 2.45) is 5.84 Å². The second-order valence-corrected chi connectivity index (χ2v) is 4.76. The summed E-state index contributed by atoms with van der Waals surface area (Å²) in [5.41, 5.74) is 3.37. The molecule has 6 nitrogen and oxygen atoms in total. The van der Waals surface area contributed by atoms with Gasteiger partial charge in [0.1, 0.15) is 0 Å². The molecule has 7 heteroatoms. The molecule has 0 fully saturated rings. The number of hydrogen-bond donors (Lipinski definition) is 2. The molecule has 0 aliphatic heterocycles. The van der Waals surface area contributed by atoms with Gasteiger partial charge >= 0.3 is 0 Å². The van der Waals surface area contributed by atoms with Gasteiger partial charge in [-0.05, 0) is 28.1 Å². The number of hydrogen-bond acceptors (Lipinski definition) is 6. The van der Waals surface area contributed by atoms with Gasteiger partial charge in [-0.1, -0.05) is 18.2 Å². The minimum Gasteiger partial charge on any atom is -0.324 e. The highest BCUT2D eigenvalue weighted by molar-refractivity contribution is 9.10. The van der Waals surface area contributed by atoms with E-state index in [-0.39, 0.29) is 0 Å². The Kier molecular flexibility index (Phi) is 4.87. The lowest BCUT2D eigenvalue weighted by Crippen LogP contribution is -2.21. The zero-order chi connectivity index (χ0) is 14.4. The molecule has 0 aliphatic carbocycles. The van der Waals surface area contributed by atoms with Crippen LogP contribution in [0.3, 0.4) is 0 Å². The predicted octanol–water partition coefficient (Wildman–Crippen LogP) is 2.58. The van der Waals surface area contributed by atoms with E-state index in [0.29, 0.717) is 24.7 Å². The molecule has 2 rings (SSSR count). The van der Waals surface area contributed by atoms with Gasteiger partial charge in [-0.15, -0.1) is 0 Å². The SMILES string of the molecule is N#CCCN(c1ccccc1)c1nc(NN)ncc1Br. The van der Waals surface area contributed by atoms with Crippen LogP contribution in [0, 0.1) is 11.3 Å². The van der Waals surface area contributed by atoms with Crippen molar-refractivity contribution in [2.75, 3.05) is 16.9 Å². The lowest BCUT2D eigenvalue weighted by Gasteiger charge is -2.24. The third-order valence-electron chi connectivity index (χ3n) is 2.63. The molecule has 0 saturated heterocycles. The molecule has 0 unspecified atom stereocenters. The standard InChI is InChI=1S/C13H13BrN6/c14-11-9-17-13(19-16)18-12(11)20(8-4-7-15)10-5-2-1-3-6-10/h1-3,5-6,9H,4,8,16H2,(H,17,18,19). The van der Waals surface area contributed by atoms with Gasteiger partial charge in [-0.3, -0.25) is 5.43 Å². The summed E-state index contributed by atoms with van der Waals surface area (Å²) in [6.45, 7) is 0.528. The van der Waals surface area contributed by atoms with E-state index >= 15 is 0 Å². The molecule has 0 radical (unpaired) electrons. The largest absolute Gasteiger partial charge is 0.324 e. The summed E-state index contributed by atoms with van der Waals surface area (Å²) in [4.78, 5) is 10.3. The highest BCUT2D eigenvalue weighted by atomic mass is 79.9. The number of aromatic nitrogens is 2. The molecule has 1 aromatic carbocycles. The summed E-state index contributed by atoms with van der Waals surface area (Å²) in [6, 6.07) is 11.9. The van der Waals surface area contributed by atoms with E-state index in [1.807, 2.05) is 35.2 Å². The normalized spacial score (nSPS) is 9.85. The molecule has 0 saturated carbocycles. The van der Waals surface area contributed by atoms with E-state index in [2.05, 4.69) is 37.4 Å². The number of nitrogen functional groups attached to an aromatic ring is 1. The van der Waals surface area contributed by atoms with Gasteiger partial charge in [0, 0.05) is 18.4 Å². The van der Waals surface area contributed by atoms with E-state index in [1.54, 1.807) is 6.20 Å². The molecule has 2 aromatic rings. The number of nitriles is 1. The van der Waals surface area contributed by atoms with Crippen molar-refractivity contribution in [3.8, 4) is 6.07 Å². The average molecular weight is 333 g/mol. The summed E-state index contributed by atoms with van der Waals surface area (Å²) in [5.74, 6) is 6.33. The van der Waals surface area contributed by atoms with Crippen LogP contribution in [0.15, 0.2) is 41.0 Å². The van der Waals surface area contributed by atoms with E-state index in [1.165, 1.54) is 0 Å². The van der Waals surface area contributed by atoms with Crippen molar-refractivity contribution in [1.82, 2.24) is 9.97 Å². The Morgan fingerprint density at radius 2 is 2.10 bits per heavy atom. The van der Waals surface area contributed by atoms with Crippen LogP contribution in [0.5, 0.6) is 0 Å². The van der Waals surface area contributed by atoms with Crippen molar-refractivity contribution in [1.29, 1.82) is 5.26 Å². The third kappa shape index (κ3) is 3.23. The predicted molar refractivity (Wildman–Crippen MR) is 81.2 cm³/mol.